The summed E-state index contributed by atoms with van der Waals surface area (Å²) in [4.78, 5) is 14.8. The number of aromatic carboxylic acids is 1. The zero-order chi connectivity index (χ0) is 15.1. The fourth-order valence-electron chi connectivity index (χ4n) is 2.16. The number of hydrogen-bond donors (Lipinski definition) is 1. The molecule has 0 aliphatic rings. The minimum absolute atomic E-state index is 0.182. The molecule has 3 rings (SSSR count). The van der Waals surface area contributed by atoms with E-state index >= 15 is 0 Å². The average molecular weight is 292 g/mol. The number of fused-ring (bicyclic) bond motifs is 1. The van der Waals surface area contributed by atoms with E-state index in [1.54, 1.807) is 11.5 Å². The summed E-state index contributed by atoms with van der Waals surface area (Å²) in [5.41, 5.74) is 0.709. The number of hydrogen-bond acceptors (Lipinski definition) is 3. The van der Waals surface area contributed by atoms with Gasteiger partial charge in [-0.25, -0.2) is 18.6 Å². The number of carbonyl (C=O) groups is 1. The molecule has 0 bridgehead atoms. The van der Waals surface area contributed by atoms with E-state index in [-0.39, 0.29) is 5.76 Å². The highest BCUT2D eigenvalue weighted by Gasteiger charge is 2.18. The maximum atomic E-state index is 13.4. The molecule has 7 heteroatoms. The van der Waals surface area contributed by atoms with Gasteiger partial charge < -0.3 is 14.1 Å². The average Bonchev–Trinajstić information content (AvgIpc) is 3.05. The zero-order valence-electron chi connectivity index (χ0n) is 10.9. The molecule has 0 aliphatic heterocycles. The third-order valence-corrected chi connectivity index (χ3v) is 3.28. The van der Waals surface area contributed by atoms with Crippen LogP contribution in [0.2, 0.25) is 0 Å². The third kappa shape index (κ3) is 2.16. The molecule has 0 radical (unpaired) electrons. The Morgan fingerprint density at radius 1 is 1.33 bits per heavy atom. The molecule has 1 unspecified atom stereocenters. The predicted octanol–water partition coefficient (Wildman–Crippen LogP) is 3.22. The van der Waals surface area contributed by atoms with Gasteiger partial charge in [0.2, 0.25) is 5.76 Å². The van der Waals surface area contributed by atoms with Crippen molar-refractivity contribution in [3.8, 4) is 0 Å². The monoisotopic (exact) mass is 292 g/mol. The standard InChI is InChI=1S/C14H10F2N2O3/c1-7(12-2-3-13(21-12)14(19)20)18-6-17-10-4-8(15)9(16)5-11(10)18/h2-7H,1H3,(H,19,20). The van der Waals surface area contributed by atoms with Crippen LogP contribution in [-0.2, 0) is 0 Å². The molecule has 0 amide bonds. The molecule has 108 valence electrons. The SMILES string of the molecule is CC(c1ccc(C(=O)O)o1)n1cnc2cc(F)c(F)cc21. The number of aromatic nitrogens is 2. The van der Waals surface area contributed by atoms with Crippen LogP contribution >= 0.6 is 0 Å². The summed E-state index contributed by atoms with van der Waals surface area (Å²) in [5.74, 6) is -2.90. The Morgan fingerprint density at radius 3 is 2.71 bits per heavy atom. The summed E-state index contributed by atoms with van der Waals surface area (Å²) >= 11 is 0. The lowest BCUT2D eigenvalue weighted by molar-refractivity contribution is 0.0659. The van der Waals surface area contributed by atoms with Gasteiger partial charge in [0.15, 0.2) is 11.6 Å². The van der Waals surface area contributed by atoms with Gasteiger partial charge in [-0.15, -0.1) is 0 Å². The summed E-state index contributed by atoms with van der Waals surface area (Å²) in [5, 5.41) is 8.85. The minimum atomic E-state index is -1.17. The lowest BCUT2D eigenvalue weighted by atomic mass is 10.2. The van der Waals surface area contributed by atoms with Gasteiger partial charge in [0, 0.05) is 12.1 Å². The number of nitrogens with zero attached hydrogens (tertiary/aromatic N) is 2. The Labute approximate surface area is 117 Å². The second-order valence-corrected chi connectivity index (χ2v) is 4.59. The highest BCUT2D eigenvalue weighted by atomic mass is 19.2. The number of carboxylic acid groups (broad SMARTS) is 1. The fraction of sp³-hybridized carbons (Fsp3) is 0.143. The van der Waals surface area contributed by atoms with Crippen molar-refractivity contribution in [1.29, 1.82) is 0 Å². The van der Waals surface area contributed by atoms with Crippen molar-refractivity contribution < 1.29 is 23.1 Å². The Hall–Kier alpha value is -2.70. The van der Waals surface area contributed by atoms with Gasteiger partial charge in [-0.3, -0.25) is 0 Å². The first-order valence-corrected chi connectivity index (χ1v) is 6.12. The molecule has 2 aromatic heterocycles. The molecule has 3 aromatic rings. The molecular formula is C14H10F2N2O3. The fourth-order valence-corrected chi connectivity index (χ4v) is 2.16. The van der Waals surface area contributed by atoms with Gasteiger partial charge >= 0.3 is 5.97 Å². The first-order chi connectivity index (χ1) is 9.97. The number of imidazole rings is 1. The molecule has 2 heterocycles. The van der Waals surface area contributed by atoms with E-state index in [0.717, 1.165) is 12.1 Å². The summed E-state index contributed by atoms with van der Waals surface area (Å²) in [6.07, 6.45) is 1.43. The predicted molar refractivity (Wildman–Crippen MR) is 69.1 cm³/mol. The number of carboxylic acids is 1. The maximum Gasteiger partial charge on any atom is 0.371 e. The number of rotatable bonds is 3. The van der Waals surface area contributed by atoms with Gasteiger partial charge in [-0.05, 0) is 19.1 Å². The van der Waals surface area contributed by atoms with Crippen molar-refractivity contribution in [2.45, 2.75) is 13.0 Å². The molecule has 0 saturated heterocycles. The lowest BCUT2D eigenvalue weighted by Crippen LogP contribution is -2.05. The molecule has 0 saturated carbocycles. The summed E-state index contributed by atoms with van der Waals surface area (Å²) in [6.45, 7) is 1.74. The van der Waals surface area contributed by atoms with Crippen LogP contribution in [-0.4, -0.2) is 20.6 Å². The van der Waals surface area contributed by atoms with Crippen LogP contribution in [0.3, 0.4) is 0 Å². The Morgan fingerprint density at radius 2 is 2.05 bits per heavy atom. The zero-order valence-corrected chi connectivity index (χ0v) is 10.9. The summed E-state index contributed by atoms with van der Waals surface area (Å²) in [6, 6.07) is 4.52. The van der Waals surface area contributed by atoms with E-state index in [1.165, 1.54) is 18.5 Å². The van der Waals surface area contributed by atoms with Crippen molar-refractivity contribution in [3.05, 3.63) is 53.7 Å². The topological polar surface area (TPSA) is 68.3 Å². The van der Waals surface area contributed by atoms with Crippen molar-refractivity contribution in [3.63, 3.8) is 0 Å². The molecule has 1 atom stereocenters. The van der Waals surface area contributed by atoms with Crippen LogP contribution in [0.1, 0.15) is 29.3 Å². The molecule has 5 nitrogen and oxygen atoms in total. The van der Waals surface area contributed by atoms with Crippen molar-refractivity contribution in [2.75, 3.05) is 0 Å². The second kappa shape index (κ2) is 4.69. The van der Waals surface area contributed by atoms with Crippen molar-refractivity contribution >= 4 is 17.0 Å². The van der Waals surface area contributed by atoms with Crippen LogP contribution in [0.4, 0.5) is 8.78 Å². The van der Waals surface area contributed by atoms with Gasteiger partial charge in [0.1, 0.15) is 5.76 Å². The van der Waals surface area contributed by atoms with Gasteiger partial charge in [-0.2, -0.15) is 0 Å². The second-order valence-electron chi connectivity index (χ2n) is 4.59. The van der Waals surface area contributed by atoms with Crippen LogP contribution < -0.4 is 0 Å². The minimum Gasteiger partial charge on any atom is -0.475 e. The third-order valence-electron chi connectivity index (χ3n) is 3.28. The summed E-state index contributed by atoms with van der Waals surface area (Å²) < 4.78 is 33.3. The van der Waals surface area contributed by atoms with Crippen LogP contribution in [0.25, 0.3) is 11.0 Å². The van der Waals surface area contributed by atoms with Gasteiger partial charge in [0.05, 0.1) is 23.4 Å². The van der Waals surface area contributed by atoms with Crippen molar-refractivity contribution in [1.82, 2.24) is 9.55 Å². The molecule has 1 aromatic carbocycles. The van der Waals surface area contributed by atoms with Crippen LogP contribution in [0, 0.1) is 11.6 Å². The maximum absolute atomic E-state index is 13.4. The first-order valence-electron chi connectivity index (χ1n) is 6.12. The van der Waals surface area contributed by atoms with E-state index in [9.17, 15) is 13.6 Å². The number of halogens is 2. The van der Waals surface area contributed by atoms with Crippen molar-refractivity contribution in [2.24, 2.45) is 0 Å². The van der Waals surface area contributed by atoms with E-state index in [2.05, 4.69) is 4.98 Å². The molecule has 21 heavy (non-hydrogen) atoms. The van der Waals surface area contributed by atoms with E-state index in [0.29, 0.717) is 16.8 Å². The smallest absolute Gasteiger partial charge is 0.371 e. The van der Waals surface area contributed by atoms with E-state index < -0.39 is 23.6 Å². The molecule has 1 N–H and O–H groups in total. The molecular weight excluding hydrogens is 282 g/mol. The van der Waals surface area contributed by atoms with E-state index in [1.807, 2.05) is 0 Å². The Bertz CT molecular complexity index is 838. The molecule has 0 spiro atoms. The highest BCUT2D eigenvalue weighted by Crippen LogP contribution is 2.26. The quantitative estimate of drug-likeness (QED) is 0.804. The largest absolute Gasteiger partial charge is 0.475 e. The lowest BCUT2D eigenvalue weighted by Gasteiger charge is -2.11. The number of benzene rings is 1. The normalized spacial score (nSPS) is 12.7. The highest BCUT2D eigenvalue weighted by molar-refractivity contribution is 5.84. The molecule has 0 fully saturated rings. The van der Waals surface area contributed by atoms with E-state index in [4.69, 9.17) is 9.52 Å². The summed E-state index contributed by atoms with van der Waals surface area (Å²) in [7, 11) is 0. The van der Waals surface area contributed by atoms with Gasteiger partial charge in [-0.1, -0.05) is 0 Å². The Balaban J connectivity index is 2.06. The first kappa shape index (κ1) is 13.3. The molecule has 0 aliphatic carbocycles. The van der Waals surface area contributed by atoms with Gasteiger partial charge in [0.25, 0.3) is 0 Å². The Kier molecular flexibility index (Phi) is 2.97. The van der Waals surface area contributed by atoms with Crippen LogP contribution in [0.15, 0.2) is 35.0 Å². The van der Waals surface area contributed by atoms with Crippen LogP contribution in [0.5, 0.6) is 0 Å². The number of furan rings is 1.